The molecular formula is C28H31N3O. The predicted molar refractivity (Wildman–Crippen MR) is 131 cm³/mol. The predicted octanol–water partition coefficient (Wildman–Crippen LogP) is 5.72. The molecule has 1 fully saturated rings. The molecule has 2 aliphatic rings. The van der Waals surface area contributed by atoms with Gasteiger partial charge >= 0.3 is 0 Å². The van der Waals surface area contributed by atoms with Gasteiger partial charge in [0.2, 0.25) is 0 Å². The zero-order chi connectivity index (χ0) is 21.8. The Kier molecular flexibility index (Phi) is 6.22. The molecule has 2 aliphatic heterocycles. The van der Waals surface area contributed by atoms with E-state index >= 15 is 0 Å². The van der Waals surface area contributed by atoms with Gasteiger partial charge in [0.05, 0.1) is 5.69 Å². The molecule has 0 radical (unpaired) electrons. The molecule has 1 aromatic heterocycles. The highest BCUT2D eigenvalue weighted by Crippen LogP contribution is 2.38. The third-order valence-electron chi connectivity index (χ3n) is 6.76. The van der Waals surface area contributed by atoms with E-state index in [1.807, 2.05) is 19.3 Å². The lowest BCUT2D eigenvalue weighted by molar-refractivity contribution is 0.216. The van der Waals surface area contributed by atoms with Crippen molar-refractivity contribution in [3.63, 3.8) is 0 Å². The third-order valence-corrected chi connectivity index (χ3v) is 6.76. The lowest BCUT2D eigenvalue weighted by Gasteiger charge is -2.32. The molecule has 4 nitrogen and oxygen atoms in total. The molecule has 0 unspecified atom stereocenters. The summed E-state index contributed by atoms with van der Waals surface area (Å²) in [7, 11) is 1.96. The summed E-state index contributed by atoms with van der Waals surface area (Å²) in [4.78, 5) is 7.21. The van der Waals surface area contributed by atoms with E-state index < -0.39 is 0 Å². The summed E-state index contributed by atoms with van der Waals surface area (Å²) in [6, 6.07) is 21.5. The number of likely N-dealkylation sites (tertiary alicyclic amines) is 1. The maximum Gasteiger partial charge on any atom is 0.131 e. The average Bonchev–Trinajstić information content (AvgIpc) is 3.01. The summed E-state index contributed by atoms with van der Waals surface area (Å²) in [5.41, 5.74) is 7.15. The summed E-state index contributed by atoms with van der Waals surface area (Å²) in [5, 5.41) is 3.26. The largest absolute Gasteiger partial charge is 0.487 e. The second-order valence-electron chi connectivity index (χ2n) is 8.68. The van der Waals surface area contributed by atoms with E-state index in [2.05, 4.69) is 75.9 Å². The van der Waals surface area contributed by atoms with Crippen molar-refractivity contribution in [1.82, 2.24) is 9.88 Å². The first-order chi connectivity index (χ1) is 15.8. The highest BCUT2D eigenvalue weighted by Gasteiger charge is 2.22. The molecule has 164 valence electrons. The van der Waals surface area contributed by atoms with Gasteiger partial charge in [0, 0.05) is 36.6 Å². The van der Waals surface area contributed by atoms with Crippen molar-refractivity contribution in [3.8, 4) is 5.75 Å². The number of hydrogen-bond donors (Lipinski definition) is 1. The van der Waals surface area contributed by atoms with Crippen LogP contribution in [0.4, 0.5) is 5.69 Å². The van der Waals surface area contributed by atoms with Crippen molar-refractivity contribution in [1.29, 1.82) is 0 Å². The topological polar surface area (TPSA) is 37.4 Å². The number of piperidine rings is 1. The molecule has 5 rings (SSSR count). The van der Waals surface area contributed by atoms with Crippen molar-refractivity contribution < 1.29 is 4.74 Å². The summed E-state index contributed by atoms with van der Waals surface area (Å²) < 4.78 is 6.11. The van der Waals surface area contributed by atoms with Crippen LogP contribution in [0.2, 0.25) is 0 Å². The molecule has 1 saturated heterocycles. The number of aromatic nitrogens is 1. The second-order valence-corrected chi connectivity index (χ2v) is 8.68. The molecule has 0 amide bonds. The Balaban J connectivity index is 1.32. The summed E-state index contributed by atoms with van der Waals surface area (Å²) in [6.07, 6.45) is 7.75. The van der Waals surface area contributed by atoms with Crippen LogP contribution >= 0.6 is 0 Å². The maximum atomic E-state index is 6.11. The van der Waals surface area contributed by atoms with Crippen molar-refractivity contribution in [2.24, 2.45) is 0 Å². The molecule has 0 atom stereocenters. The lowest BCUT2D eigenvalue weighted by atomic mass is 9.89. The Labute approximate surface area is 191 Å². The Morgan fingerprint density at radius 2 is 1.88 bits per heavy atom. The summed E-state index contributed by atoms with van der Waals surface area (Å²) in [5.74, 6) is 1.63. The first-order valence-electron chi connectivity index (χ1n) is 11.7. The van der Waals surface area contributed by atoms with Crippen LogP contribution in [0.1, 0.15) is 47.6 Å². The fourth-order valence-electron chi connectivity index (χ4n) is 4.94. The number of fused-ring (bicyclic) bond motifs is 2. The minimum Gasteiger partial charge on any atom is -0.487 e. The lowest BCUT2D eigenvalue weighted by Crippen LogP contribution is -2.33. The molecule has 4 heteroatoms. The normalized spacial score (nSPS) is 17.8. The van der Waals surface area contributed by atoms with Gasteiger partial charge in [-0.1, -0.05) is 42.5 Å². The van der Waals surface area contributed by atoms with Gasteiger partial charge in [0.25, 0.3) is 0 Å². The zero-order valence-corrected chi connectivity index (χ0v) is 18.8. The van der Waals surface area contributed by atoms with Crippen molar-refractivity contribution in [2.45, 2.75) is 31.8 Å². The molecule has 0 aliphatic carbocycles. The fourth-order valence-corrected chi connectivity index (χ4v) is 4.94. The van der Waals surface area contributed by atoms with Gasteiger partial charge in [-0.2, -0.15) is 0 Å². The highest BCUT2D eigenvalue weighted by atomic mass is 16.5. The van der Waals surface area contributed by atoms with Crippen molar-refractivity contribution in [2.75, 3.05) is 32.0 Å². The Morgan fingerprint density at radius 1 is 1.03 bits per heavy atom. The van der Waals surface area contributed by atoms with E-state index in [9.17, 15) is 0 Å². The molecule has 3 heterocycles. The molecule has 0 bridgehead atoms. The monoisotopic (exact) mass is 425 g/mol. The molecular weight excluding hydrogens is 394 g/mol. The minimum atomic E-state index is 0.506. The second kappa shape index (κ2) is 9.58. The number of rotatable bonds is 5. The van der Waals surface area contributed by atoms with Gasteiger partial charge in [0.15, 0.2) is 0 Å². The third kappa shape index (κ3) is 4.42. The number of nitrogens with one attached hydrogen (secondary N) is 1. The highest BCUT2D eigenvalue weighted by molar-refractivity contribution is 5.85. The zero-order valence-electron chi connectivity index (χ0n) is 18.8. The summed E-state index contributed by atoms with van der Waals surface area (Å²) in [6.45, 7) is 3.93. The first-order valence-corrected chi connectivity index (χ1v) is 11.7. The Hall–Kier alpha value is -3.11. The average molecular weight is 426 g/mol. The van der Waals surface area contributed by atoms with Gasteiger partial charge in [-0.05, 0) is 73.7 Å². The number of ether oxygens (including phenoxy) is 1. The number of benzene rings is 2. The van der Waals surface area contributed by atoms with Crippen LogP contribution in [0.3, 0.4) is 0 Å². The Bertz CT molecular complexity index is 1080. The molecule has 0 spiro atoms. The van der Waals surface area contributed by atoms with Crippen LogP contribution in [-0.2, 0) is 6.61 Å². The Morgan fingerprint density at radius 3 is 2.69 bits per heavy atom. The summed E-state index contributed by atoms with van der Waals surface area (Å²) >= 11 is 0. The molecule has 2 aromatic carbocycles. The standard InChI is InChI=1S/C28H31N3O/c1-29-23-11-12-28-26(19-23)24(25-9-5-15-30-27(25)20-32-28)10-6-16-31-17-13-22(14-18-31)21-7-3-2-4-8-21/h2-5,7-12,15,19,22,29H,6,13-14,16-18,20H2,1H3. The van der Waals surface area contributed by atoms with E-state index in [1.165, 1.54) is 42.6 Å². The molecule has 0 saturated carbocycles. The van der Waals surface area contributed by atoms with Gasteiger partial charge < -0.3 is 15.0 Å². The van der Waals surface area contributed by atoms with E-state index in [-0.39, 0.29) is 0 Å². The van der Waals surface area contributed by atoms with E-state index in [1.54, 1.807) is 0 Å². The van der Waals surface area contributed by atoms with Gasteiger partial charge in [-0.3, -0.25) is 4.98 Å². The minimum absolute atomic E-state index is 0.506. The van der Waals surface area contributed by atoms with Crippen LogP contribution in [0, 0.1) is 0 Å². The number of hydrogen-bond acceptors (Lipinski definition) is 4. The quantitative estimate of drug-likeness (QED) is 0.568. The number of nitrogens with zero attached hydrogens (tertiary/aromatic N) is 2. The van der Waals surface area contributed by atoms with Crippen LogP contribution in [-0.4, -0.2) is 36.6 Å². The van der Waals surface area contributed by atoms with Crippen molar-refractivity contribution in [3.05, 3.63) is 95.3 Å². The molecule has 32 heavy (non-hydrogen) atoms. The van der Waals surface area contributed by atoms with Crippen LogP contribution in [0.15, 0.2) is 72.9 Å². The van der Waals surface area contributed by atoms with Gasteiger partial charge in [-0.25, -0.2) is 0 Å². The van der Waals surface area contributed by atoms with Crippen LogP contribution < -0.4 is 10.1 Å². The van der Waals surface area contributed by atoms with Crippen molar-refractivity contribution >= 4 is 11.3 Å². The number of anilines is 1. The number of pyridine rings is 1. The SMILES string of the molecule is CNc1ccc2c(c1)C(=CCCN1CCC(c3ccccc3)CC1)c1cccnc1CO2. The maximum absolute atomic E-state index is 6.11. The van der Waals surface area contributed by atoms with Crippen LogP contribution in [0.25, 0.3) is 5.57 Å². The molecule has 3 aromatic rings. The van der Waals surface area contributed by atoms with E-state index in [4.69, 9.17) is 4.74 Å². The van der Waals surface area contributed by atoms with Crippen LogP contribution in [0.5, 0.6) is 5.75 Å². The van der Waals surface area contributed by atoms with E-state index in [0.29, 0.717) is 12.5 Å². The smallest absolute Gasteiger partial charge is 0.131 e. The van der Waals surface area contributed by atoms with Gasteiger partial charge in [-0.15, -0.1) is 0 Å². The first kappa shape index (κ1) is 20.8. The van der Waals surface area contributed by atoms with E-state index in [0.717, 1.165) is 35.7 Å². The molecule has 1 N–H and O–H groups in total. The fraction of sp³-hybridized carbons (Fsp3) is 0.321. The van der Waals surface area contributed by atoms with Gasteiger partial charge in [0.1, 0.15) is 12.4 Å².